The van der Waals surface area contributed by atoms with Gasteiger partial charge in [-0.05, 0) is 36.5 Å². The average Bonchev–Trinajstić information content (AvgIpc) is 3.05. The lowest BCUT2D eigenvalue weighted by atomic mass is 10.3. The van der Waals surface area contributed by atoms with Gasteiger partial charge in [0.15, 0.2) is 5.11 Å². The van der Waals surface area contributed by atoms with Gasteiger partial charge in [0, 0.05) is 0 Å². The van der Waals surface area contributed by atoms with Crippen LogP contribution in [0.1, 0.15) is 5.01 Å². The molecule has 0 atom stereocenters. The molecular weight excluding hydrogens is 375 g/mol. The number of hydrogen-bond donors (Lipinski definition) is 3. The van der Waals surface area contributed by atoms with Crippen LogP contribution in [0.15, 0.2) is 48.5 Å². The van der Waals surface area contributed by atoms with Gasteiger partial charge in [0.05, 0.1) is 22.5 Å². The van der Waals surface area contributed by atoms with Crippen molar-refractivity contribution in [2.45, 2.75) is 6.61 Å². The summed E-state index contributed by atoms with van der Waals surface area (Å²) < 4.78 is 19.9. The summed E-state index contributed by atoms with van der Waals surface area (Å²) in [5.74, 6) is -0.856. The number of amides is 1. The molecule has 0 unspecified atom stereocenters. The molecule has 0 aliphatic heterocycles. The van der Waals surface area contributed by atoms with Crippen molar-refractivity contribution in [1.29, 1.82) is 0 Å². The van der Waals surface area contributed by atoms with Gasteiger partial charge < -0.3 is 10.1 Å². The van der Waals surface area contributed by atoms with Crippen LogP contribution in [0.25, 0.3) is 10.2 Å². The topological polar surface area (TPSA) is 75.3 Å². The van der Waals surface area contributed by atoms with E-state index in [0.717, 1.165) is 15.2 Å². The van der Waals surface area contributed by atoms with Crippen molar-refractivity contribution in [2.24, 2.45) is 0 Å². The molecule has 9 heteroatoms. The van der Waals surface area contributed by atoms with Crippen molar-refractivity contribution in [3.63, 3.8) is 0 Å². The van der Waals surface area contributed by atoms with Gasteiger partial charge in [-0.1, -0.05) is 24.3 Å². The Bertz CT molecular complexity index is 899. The van der Waals surface area contributed by atoms with Gasteiger partial charge in [0.2, 0.25) is 0 Å². The predicted molar refractivity (Wildman–Crippen MR) is 103 cm³/mol. The summed E-state index contributed by atoms with van der Waals surface area (Å²) in [5, 5.41) is 3.50. The molecule has 0 spiro atoms. The van der Waals surface area contributed by atoms with Crippen LogP contribution in [-0.2, 0) is 16.1 Å². The number of aromatic nitrogens is 1. The number of carbonyl (C=O) groups excluding carboxylic acids is 1. The summed E-state index contributed by atoms with van der Waals surface area (Å²) in [6, 6.07) is 13.9. The minimum Gasteiger partial charge on any atom is -0.364 e. The molecule has 3 N–H and O–H groups in total. The maximum absolute atomic E-state index is 13.5. The molecule has 3 aromatic rings. The van der Waals surface area contributed by atoms with Crippen molar-refractivity contribution >= 4 is 50.5 Å². The highest BCUT2D eigenvalue weighted by Gasteiger charge is 2.07. The highest BCUT2D eigenvalue weighted by atomic mass is 32.1. The number of halogens is 1. The van der Waals surface area contributed by atoms with Crippen LogP contribution in [0, 0.1) is 5.82 Å². The summed E-state index contributed by atoms with van der Waals surface area (Å²) >= 11 is 6.51. The summed E-state index contributed by atoms with van der Waals surface area (Å²) in [7, 11) is 0. The fourth-order valence-corrected chi connectivity index (χ4v) is 3.16. The zero-order valence-electron chi connectivity index (χ0n) is 13.5. The smallest absolute Gasteiger partial charge is 0.264 e. The molecular formula is C17H15FN4O2S2. The Hall–Kier alpha value is -2.62. The summed E-state index contributed by atoms with van der Waals surface area (Å²) in [5.41, 5.74) is 5.99. The maximum Gasteiger partial charge on any atom is 0.264 e. The SMILES string of the molecule is O=C(COCc1nc2ccccc2s1)NNC(=S)Nc1ccccc1F. The highest BCUT2D eigenvalue weighted by Crippen LogP contribution is 2.21. The molecule has 0 bridgehead atoms. The van der Waals surface area contributed by atoms with Gasteiger partial charge in [0.25, 0.3) is 5.91 Å². The summed E-state index contributed by atoms with van der Waals surface area (Å²) in [6.07, 6.45) is 0. The van der Waals surface area contributed by atoms with E-state index in [0.29, 0.717) is 0 Å². The minimum atomic E-state index is -0.442. The Labute approximate surface area is 158 Å². The lowest BCUT2D eigenvalue weighted by Crippen LogP contribution is -2.45. The predicted octanol–water partition coefficient (Wildman–Crippen LogP) is 2.97. The third-order valence-electron chi connectivity index (χ3n) is 3.23. The molecule has 3 rings (SSSR count). The molecule has 0 radical (unpaired) electrons. The van der Waals surface area contributed by atoms with Crippen molar-refractivity contribution in [3.05, 3.63) is 59.4 Å². The Balaban J connectivity index is 1.38. The zero-order chi connectivity index (χ0) is 18.4. The number of ether oxygens (including phenoxy) is 1. The lowest BCUT2D eigenvalue weighted by molar-refractivity contribution is -0.126. The summed E-state index contributed by atoms with van der Waals surface area (Å²) in [4.78, 5) is 16.2. The standard InChI is InChI=1S/C17H15FN4O2S2/c18-11-5-1-2-6-12(11)20-17(25)22-21-15(23)9-24-10-16-19-13-7-3-4-8-14(13)26-16/h1-8H,9-10H2,(H,21,23)(H2,20,22,25). The average molecular weight is 390 g/mol. The second kappa shape index (κ2) is 8.65. The third-order valence-corrected chi connectivity index (χ3v) is 4.45. The monoisotopic (exact) mass is 390 g/mol. The quantitative estimate of drug-likeness (QED) is 0.459. The first-order chi connectivity index (χ1) is 12.6. The molecule has 0 aliphatic rings. The molecule has 134 valence electrons. The fourth-order valence-electron chi connectivity index (χ4n) is 2.09. The Kier molecular flexibility index (Phi) is 6.05. The first kappa shape index (κ1) is 18.2. The van der Waals surface area contributed by atoms with Crippen LogP contribution < -0.4 is 16.2 Å². The van der Waals surface area contributed by atoms with E-state index in [1.54, 1.807) is 12.1 Å². The van der Waals surface area contributed by atoms with Crippen LogP contribution in [0.5, 0.6) is 0 Å². The Morgan fingerprint density at radius 3 is 2.73 bits per heavy atom. The third kappa shape index (κ3) is 4.94. The first-order valence-electron chi connectivity index (χ1n) is 7.64. The molecule has 1 amide bonds. The van der Waals surface area contributed by atoms with Crippen molar-refractivity contribution in [1.82, 2.24) is 15.8 Å². The van der Waals surface area contributed by atoms with E-state index in [2.05, 4.69) is 21.2 Å². The van der Waals surface area contributed by atoms with Crippen molar-refractivity contribution in [2.75, 3.05) is 11.9 Å². The Morgan fingerprint density at radius 1 is 1.15 bits per heavy atom. The Morgan fingerprint density at radius 2 is 1.92 bits per heavy atom. The molecule has 26 heavy (non-hydrogen) atoms. The molecule has 0 saturated heterocycles. The van der Waals surface area contributed by atoms with Crippen LogP contribution in [0.4, 0.5) is 10.1 Å². The van der Waals surface area contributed by atoms with Gasteiger partial charge in [-0.3, -0.25) is 15.6 Å². The molecule has 2 aromatic carbocycles. The number of nitrogens with one attached hydrogen (secondary N) is 3. The number of hydrogen-bond acceptors (Lipinski definition) is 5. The van der Waals surface area contributed by atoms with Crippen molar-refractivity contribution < 1.29 is 13.9 Å². The molecule has 1 heterocycles. The summed E-state index contributed by atoms with van der Waals surface area (Å²) in [6.45, 7) is 0.0793. The number of nitrogens with zero attached hydrogens (tertiary/aromatic N) is 1. The molecule has 0 fully saturated rings. The van der Waals surface area contributed by atoms with Gasteiger partial charge >= 0.3 is 0 Å². The number of rotatable bonds is 5. The van der Waals surface area contributed by atoms with Gasteiger partial charge in [-0.25, -0.2) is 9.37 Å². The van der Waals surface area contributed by atoms with E-state index in [1.807, 2.05) is 24.3 Å². The van der Waals surface area contributed by atoms with E-state index in [1.165, 1.54) is 23.5 Å². The second-order valence-electron chi connectivity index (χ2n) is 5.18. The van der Waals surface area contributed by atoms with Crippen LogP contribution in [0.3, 0.4) is 0 Å². The van der Waals surface area contributed by atoms with E-state index in [4.69, 9.17) is 17.0 Å². The van der Waals surface area contributed by atoms with E-state index in [-0.39, 0.29) is 24.0 Å². The van der Waals surface area contributed by atoms with Gasteiger partial charge in [-0.2, -0.15) is 0 Å². The number of para-hydroxylation sites is 2. The van der Waals surface area contributed by atoms with Crippen molar-refractivity contribution in [3.8, 4) is 0 Å². The second-order valence-corrected chi connectivity index (χ2v) is 6.70. The zero-order valence-corrected chi connectivity index (χ0v) is 15.1. The normalized spacial score (nSPS) is 10.5. The van der Waals surface area contributed by atoms with Crippen LogP contribution >= 0.6 is 23.6 Å². The number of anilines is 1. The largest absolute Gasteiger partial charge is 0.364 e. The number of benzene rings is 2. The van der Waals surface area contributed by atoms with Gasteiger partial charge in [-0.15, -0.1) is 11.3 Å². The number of carbonyl (C=O) groups is 1. The van der Waals surface area contributed by atoms with E-state index < -0.39 is 11.7 Å². The van der Waals surface area contributed by atoms with E-state index in [9.17, 15) is 9.18 Å². The molecule has 0 saturated carbocycles. The number of fused-ring (bicyclic) bond motifs is 1. The number of thiocarbonyl (C=S) groups is 1. The molecule has 1 aromatic heterocycles. The van der Waals surface area contributed by atoms with E-state index >= 15 is 0 Å². The highest BCUT2D eigenvalue weighted by molar-refractivity contribution is 7.80. The number of hydrazine groups is 1. The lowest BCUT2D eigenvalue weighted by Gasteiger charge is -2.12. The number of thiazole rings is 1. The minimum absolute atomic E-state index is 0.0645. The fraction of sp³-hybridized carbons (Fsp3) is 0.118. The van der Waals surface area contributed by atoms with Crippen LogP contribution in [0.2, 0.25) is 0 Å². The molecule has 6 nitrogen and oxygen atoms in total. The molecule has 0 aliphatic carbocycles. The first-order valence-corrected chi connectivity index (χ1v) is 8.87. The maximum atomic E-state index is 13.5. The van der Waals surface area contributed by atoms with Gasteiger partial charge in [0.1, 0.15) is 17.4 Å². The van der Waals surface area contributed by atoms with Crippen LogP contribution in [-0.4, -0.2) is 22.6 Å².